The third kappa shape index (κ3) is 8.33. The number of amides is 5. The van der Waals surface area contributed by atoms with Crippen molar-refractivity contribution in [2.24, 2.45) is 23.2 Å². The summed E-state index contributed by atoms with van der Waals surface area (Å²) in [6, 6.07) is -3.34. The van der Waals surface area contributed by atoms with Crippen LogP contribution in [0.4, 0.5) is 0 Å². The van der Waals surface area contributed by atoms with Gasteiger partial charge in [-0.15, -0.1) is 0 Å². The molecule has 1 aromatic heterocycles. The number of carbonyl (C=O) groups excluding carboxylic acids is 5. The minimum atomic E-state index is -1.40. The number of likely N-dealkylation sites (tertiary alicyclic amines) is 1. The fraction of sp³-hybridized carbons (Fsp3) is 0.743. The van der Waals surface area contributed by atoms with Gasteiger partial charge in [-0.25, -0.2) is 4.98 Å². The van der Waals surface area contributed by atoms with Crippen LogP contribution in [0.15, 0.2) is 18.6 Å². The maximum Gasteiger partial charge on any atom is 0.272 e. The summed E-state index contributed by atoms with van der Waals surface area (Å²) in [5, 5.41) is 22.6. The number of aromatic nitrogens is 2. The first-order valence-corrected chi connectivity index (χ1v) is 17.9. The molecule has 48 heavy (non-hydrogen) atoms. The molecule has 13 heteroatoms. The van der Waals surface area contributed by atoms with Gasteiger partial charge in [0, 0.05) is 25.0 Å². The monoisotopic (exact) mass is 667 g/mol. The first-order valence-electron chi connectivity index (χ1n) is 17.9. The molecule has 1 saturated heterocycles. The molecule has 0 bridgehead atoms. The molecule has 5 amide bonds. The molecule has 264 valence electrons. The Morgan fingerprint density at radius 2 is 1.67 bits per heavy atom. The predicted octanol–water partition coefficient (Wildman–Crippen LogP) is 1.85. The van der Waals surface area contributed by atoms with Crippen LogP contribution in [0.2, 0.25) is 0 Å². The number of fused-ring (bicyclic) bond motifs is 1. The van der Waals surface area contributed by atoms with Crippen molar-refractivity contribution in [1.29, 1.82) is 0 Å². The Hall–Kier alpha value is -3.61. The standard InChI is InChI=1S/C35H53N7O6/c1-5-9-24(28(43)33(47)38-22-14-15-22)39-32(46)27-23-13-8-12-21(23)19-42(27)34(48)29(35(2,3)4)41-31(45)26(20-10-6-7-11-20)40-30(44)25-18-36-16-17-37-25/h16-18,20-24,26-29,43H,5-15,19H2,1-4H3,(H,38,47)(H,39,46)(H,40,44)(H,41,45)/t21-,23-,24-,26-,27-,28?,29+/m0/s1. The molecule has 0 aromatic carbocycles. The van der Waals surface area contributed by atoms with Crippen LogP contribution in [-0.4, -0.2) is 92.4 Å². The molecule has 1 unspecified atom stereocenters. The van der Waals surface area contributed by atoms with E-state index in [2.05, 4.69) is 31.2 Å². The highest BCUT2D eigenvalue weighted by atomic mass is 16.3. The van der Waals surface area contributed by atoms with Crippen LogP contribution in [0.1, 0.15) is 109 Å². The van der Waals surface area contributed by atoms with E-state index in [-0.39, 0.29) is 41.3 Å². The van der Waals surface area contributed by atoms with E-state index < -0.39 is 53.4 Å². The Kier molecular flexibility index (Phi) is 11.4. The van der Waals surface area contributed by atoms with Crippen molar-refractivity contribution in [3.63, 3.8) is 0 Å². The van der Waals surface area contributed by atoms with Crippen molar-refractivity contribution in [3.05, 3.63) is 24.3 Å². The smallest absolute Gasteiger partial charge is 0.272 e. The summed E-state index contributed by atoms with van der Waals surface area (Å²) in [6.07, 6.45) is 11.7. The molecule has 1 aliphatic heterocycles. The van der Waals surface area contributed by atoms with Crippen molar-refractivity contribution in [2.75, 3.05) is 6.54 Å². The van der Waals surface area contributed by atoms with Crippen LogP contribution in [0, 0.1) is 23.2 Å². The van der Waals surface area contributed by atoms with E-state index in [1.165, 1.54) is 18.6 Å². The Labute approximate surface area is 283 Å². The lowest BCUT2D eigenvalue weighted by Crippen LogP contribution is -2.62. The fourth-order valence-electron chi connectivity index (χ4n) is 7.82. The topological polar surface area (TPSA) is 183 Å². The number of aliphatic hydroxyl groups excluding tert-OH is 1. The van der Waals surface area contributed by atoms with Gasteiger partial charge in [-0.05, 0) is 68.1 Å². The van der Waals surface area contributed by atoms with E-state index in [1.807, 2.05) is 27.7 Å². The van der Waals surface area contributed by atoms with Gasteiger partial charge in [-0.2, -0.15) is 0 Å². The quantitative estimate of drug-likeness (QED) is 0.211. The molecule has 3 saturated carbocycles. The van der Waals surface area contributed by atoms with Gasteiger partial charge < -0.3 is 31.3 Å². The van der Waals surface area contributed by atoms with Crippen LogP contribution in [0.3, 0.4) is 0 Å². The molecule has 3 aliphatic carbocycles. The van der Waals surface area contributed by atoms with Crippen LogP contribution in [-0.2, 0) is 19.2 Å². The van der Waals surface area contributed by atoms with Gasteiger partial charge >= 0.3 is 0 Å². The molecule has 2 heterocycles. The van der Waals surface area contributed by atoms with Crippen molar-refractivity contribution < 1.29 is 29.1 Å². The highest BCUT2D eigenvalue weighted by Gasteiger charge is 2.52. The second kappa shape index (κ2) is 15.3. The van der Waals surface area contributed by atoms with E-state index in [9.17, 15) is 29.1 Å². The van der Waals surface area contributed by atoms with Gasteiger partial charge in [-0.3, -0.25) is 29.0 Å². The average Bonchev–Trinajstić information content (AvgIpc) is 3.40. The number of aliphatic hydroxyl groups is 1. The average molecular weight is 668 g/mol. The Morgan fingerprint density at radius 1 is 0.938 bits per heavy atom. The van der Waals surface area contributed by atoms with Gasteiger partial charge in [0.15, 0.2) is 6.10 Å². The summed E-state index contributed by atoms with van der Waals surface area (Å²) in [6.45, 7) is 7.93. The normalized spacial score (nSPS) is 25.0. The molecule has 13 nitrogen and oxygen atoms in total. The second-order valence-electron chi connectivity index (χ2n) is 15.3. The van der Waals surface area contributed by atoms with Gasteiger partial charge in [0.25, 0.3) is 11.8 Å². The van der Waals surface area contributed by atoms with Gasteiger partial charge in [0.2, 0.25) is 17.7 Å². The van der Waals surface area contributed by atoms with Gasteiger partial charge in [-0.1, -0.05) is 53.4 Å². The summed E-state index contributed by atoms with van der Waals surface area (Å²) in [5.41, 5.74) is -0.617. The van der Waals surface area contributed by atoms with Crippen molar-refractivity contribution in [2.45, 2.75) is 135 Å². The lowest BCUT2D eigenvalue weighted by atomic mass is 9.84. The third-order valence-electron chi connectivity index (χ3n) is 10.6. The minimum Gasteiger partial charge on any atom is -0.381 e. The van der Waals surface area contributed by atoms with Crippen LogP contribution in [0.5, 0.6) is 0 Å². The zero-order chi connectivity index (χ0) is 34.6. The van der Waals surface area contributed by atoms with E-state index in [4.69, 9.17) is 0 Å². The lowest BCUT2D eigenvalue weighted by Gasteiger charge is -2.38. The first kappa shape index (κ1) is 35.7. The minimum absolute atomic E-state index is 0.0533. The molecular formula is C35H53N7O6. The van der Waals surface area contributed by atoms with Gasteiger partial charge in [0.1, 0.15) is 23.8 Å². The largest absolute Gasteiger partial charge is 0.381 e. The predicted molar refractivity (Wildman–Crippen MR) is 177 cm³/mol. The maximum atomic E-state index is 14.6. The number of hydrogen-bond donors (Lipinski definition) is 5. The second-order valence-corrected chi connectivity index (χ2v) is 15.3. The fourth-order valence-corrected chi connectivity index (χ4v) is 7.82. The number of nitrogens with zero attached hydrogens (tertiary/aromatic N) is 3. The van der Waals surface area contributed by atoms with Crippen molar-refractivity contribution in [1.82, 2.24) is 36.1 Å². The van der Waals surface area contributed by atoms with Gasteiger partial charge in [0.05, 0.1) is 12.2 Å². The van der Waals surface area contributed by atoms with E-state index in [0.717, 1.165) is 57.8 Å². The zero-order valence-electron chi connectivity index (χ0n) is 28.7. The molecule has 7 atom stereocenters. The summed E-state index contributed by atoms with van der Waals surface area (Å²) < 4.78 is 0. The first-order chi connectivity index (χ1) is 22.9. The number of nitrogens with one attached hydrogen (secondary N) is 4. The summed E-state index contributed by atoms with van der Waals surface area (Å²) >= 11 is 0. The zero-order valence-corrected chi connectivity index (χ0v) is 28.7. The molecule has 5 rings (SSSR count). The highest BCUT2D eigenvalue weighted by Crippen LogP contribution is 2.43. The molecule has 0 spiro atoms. The molecule has 5 N–H and O–H groups in total. The lowest BCUT2D eigenvalue weighted by molar-refractivity contribution is -0.145. The molecule has 4 fully saturated rings. The summed E-state index contributed by atoms with van der Waals surface area (Å²) in [5.74, 6) is -2.18. The maximum absolute atomic E-state index is 14.6. The Balaban J connectivity index is 1.35. The van der Waals surface area contributed by atoms with E-state index >= 15 is 0 Å². The molecular weight excluding hydrogens is 614 g/mol. The Morgan fingerprint density at radius 3 is 2.29 bits per heavy atom. The SMILES string of the molecule is CCC[C@H](NC(=O)[C@@H]1[C@H]2CCC[C@H]2CN1C(=O)[C@@H](NC(=O)[C@@H](NC(=O)c1cnccn1)C1CCCC1)C(C)(C)C)C(O)C(=O)NC1CC1. The van der Waals surface area contributed by atoms with Crippen LogP contribution in [0.25, 0.3) is 0 Å². The Bertz CT molecular complexity index is 1330. The van der Waals surface area contributed by atoms with E-state index in [1.54, 1.807) is 4.90 Å². The van der Waals surface area contributed by atoms with Crippen LogP contribution >= 0.6 is 0 Å². The van der Waals surface area contributed by atoms with E-state index in [0.29, 0.717) is 19.4 Å². The van der Waals surface area contributed by atoms with Crippen molar-refractivity contribution >= 4 is 29.5 Å². The summed E-state index contributed by atoms with van der Waals surface area (Å²) in [7, 11) is 0. The number of hydrogen-bond acceptors (Lipinski definition) is 8. The van der Waals surface area contributed by atoms with Crippen LogP contribution < -0.4 is 21.3 Å². The summed E-state index contributed by atoms with van der Waals surface area (Å²) in [4.78, 5) is 78.2. The molecule has 4 aliphatic rings. The highest BCUT2D eigenvalue weighted by molar-refractivity contribution is 5.98. The number of rotatable bonds is 13. The molecule has 0 radical (unpaired) electrons. The third-order valence-corrected chi connectivity index (χ3v) is 10.6. The number of carbonyl (C=O) groups is 5. The molecule has 1 aromatic rings. The van der Waals surface area contributed by atoms with Crippen molar-refractivity contribution in [3.8, 4) is 0 Å².